The molecule has 4 nitrogen and oxygen atoms in total. The first-order valence-corrected chi connectivity index (χ1v) is 9.43. The number of alkyl carbamates (subject to hydrolysis) is 1. The summed E-state index contributed by atoms with van der Waals surface area (Å²) in [5.74, 6) is 0. The van der Waals surface area contributed by atoms with Gasteiger partial charge in [-0.25, -0.2) is 4.79 Å². The highest BCUT2D eigenvalue weighted by atomic mass is 79.9. The molecule has 0 aliphatic heterocycles. The van der Waals surface area contributed by atoms with E-state index >= 15 is 0 Å². The third-order valence-corrected chi connectivity index (χ3v) is 5.01. The Labute approximate surface area is 154 Å². The molecule has 0 saturated heterocycles. The van der Waals surface area contributed by atoms with Gasteiger partial charge < -0.3 is 15.0 Å². The third kappa shape index (κ3) is 5.40. The molecule has 0 heterocycles. The summed E-state index contributed by atoms with van der Waals surface area (Å²) in [6.07, 6.45) is 3.82. The molecule has 24 heavy (non-hydrogen) atoms. The summed E-state index contributed by atoms with van der Waals surface area (Å²) >= 11 is 3.56. The van der Waals surface area contributed by atoms with E-state index < -0.39 is 5.60 Å². The van der Waals surface area contributed by atoms with E-state index in [1.807, 2.05) is 20.8 Å². The van der Waals surface area contributed by atoms with Crippen LogP contribution in [-0.4, -0.2) is 30.8 Å². The molecule has 0 aromatic heterocycles. The van der Waals surface area contributed by atoms with Crippen LogP contribution in [0.15, 0.2) is 22.7 Å². The molecule has 2 rings (SSSR count). The normalized spacial score (nSPS) is 21.2. The molecular weight excluding hydrogens is 368 g/mol. The standard InChI is InChI=1S/C19H29BrN2O2/c1-13-6-7-14(20)12-17(13)22(5)16-10-8-15(9-11-16)21-18(23)24-19(2,3)4/h6-7,12,15-16H,8-11H2,1-5H3,(H,21,23). The van der Waals surface area contributed by atoms with Crippen LogP contribution in [0.2, 0.25) is 0 Å². The van der Waals surface area contributed by atoms with Crippen molar-refractivity contribution in [1.82, 2.24) is 5.32 Å². The van der Waals surface area contributed by atoms with Crippen molar-refractivity contribution in [2.24, 2.45) is 0 Å². The van der Waals surface area contributed by atoms with Gasteiger partial charge in [-0.3, -0.25) is 0 Å². The number of aryl methyl sites for hydroxylation is 1. The van der Waals surface area contributed by atoms with Crippen LogP contribution in [0.4, 0.5) is 10.5 Å². The van der Waals surface area contributed by atoms with E-state index in [4.69, 9.17) is 4.74 Å². The van der Waals surface area contributed by atoms with Gasteiger partial charge in [0.2, 0.25) is 0 Å². The molecule has 1 fully saturated rings. The average Bonchev–Trinajstić information content (AvgIpc) is 2.48. The Morgan fingerprint density at radius 3 is 2.46 bits per heavy atom. The van der Waals surface area contributed by atoms with Crippen LogP contribution in [-0.2, 0) is 4.74 Å². The zero-order valence-corrected chi connectivity index (χ0v) is 16.9. The number of rotatable bonds is 3. The first kappa shape index (κ1) is 19.1. The second-order valence-corrected chi connectivity index (χ2v) is 8.61. The van der Waals surface area contributed by atoms with E-state index in [0.29, 0.717) is 6.04 Å². The summed E-state index contributed by atoms with van der Waals surface area (Å²) in [4.78, 5) is 14.3. The largest absolute Gasteiger partial charge is 0.444 e. The topological polar surface area (TPSA) is 41.6 Å². The summed E-state index contributed by atoms with van der Waals surface area (Å²) in [5.41, 5.74) is 2.11. The van der Waals surface area contributed by atoms with E-state index in [1.165, 1.54) is 11.3 Å². The first-order chi connectivity index (χ1) is 11.2. The first-order valence-electron chi connectivity index (χ1n) is 8.64. The number of carbonyl (C=O) groups excluding carboxylic acids is 1. The predicted molar refractivity (Wildman–Crippen MR) is 103 cm³/mol. The Morgan fingerprint density at radius 2 is 1.88 bits per heavy atom. The highest BCUT2D eigenvalue weighted by Gasteiger charge is 2.27. The highest BCUT2D eigenvalue weighted by Crippen LogP contribution is 2.30. The predicted octanol–water partition coefficient (Wildman–Crippen LogP) is 5.03. The lowest BCUT2D eigenvalue weighted by atomic mass is 9.90. The number of ether oxygens (including phenoxy) is 1. The van der Waals surface area contributed by atoms with Crippen molar-refractivity contribution in [3.63, 3.8) is 0 Å². The Morgan fingerprint density at radius 1 is 1.25 bits per heavy atom. The number of hydrogen-bond acceptors (Lipinski definition) is 3. The monoisotopic (exact) mass is 396 g/mol. The van der Waals surface area contributed by atoms with Gasteiger partial charge in [0.15, 0.2) is 0 Å². The molecule has 1 aliphatic rings. The minimum atomic E-state index is -0.445. The molecule has 0 atom stereocenters. The molecule has 1 N–H and O–H groups in total. The van der Waals surface area contributed by atoms with Crippen LogP contribution >= 0.6 is 15.9 Å². The van der Waals surface area contributed by atoms with Crippen LogP contribution in [0.5, 0.6) is 0 Å². The number of anilines is 1. The van der Waals surface area contributed by atoms with Crippen molar-refractivity contribution in [2.75, 3.05) is 11.9 Å². The number of nitrogens with one attached hydrogen (secondary N) is 1. The molecule has 0 radical (unpaired) electrons. The molecule has 0 spiro atoms. The Kier molecular flexibility index (Phi) is 6.18. The fourth-order valence-electron chi connectivity index (χ4n) is 3.24. The number of halogens is 1. The van der Waals surface area contributed by atoms with Crippen molar-refractivity contribution in [1.29, 1.82) is 0 Å². The molecule has 1 saturated carbocycles. The molecule has 1 aromatic carbocycles. The van der Waals surface area contributed by atoms with Crippen LogP contribution in [0, 0.1) is 6.92 Å². The van der Waals surface area contributed by atoms with E-state index in [2.05, 4.69) is 58.3 Å². The Balaban J connectivity index is 1.88. The number of carbonyl (C=O) groups is 1. The zero-order valence-electron chi connectivity index (χ0n) is 15.4. The van der Waals surface area contributed by atoms with E-state index in [1.54, 1.807) is 0 Å². The zero-order chi connectivity index (χ0) is 17.9. The smallest absolute Gasteiger partial charge is 0.407 e. The van der Waals surface area contributed by atoms with Crippen molar-refractivity contribution >= 4 is 27.7 Å². The minimum Gasteiger partial charge on any atom is -0.444 e. The molecular formula is C19H29BrN2O2. The summed E-state index contributed by atoms with van der Waals surface area (Å²) < 4.78 is 6.45. The molecule has 5 heteroatoms. The maximum absolute atomic E-state index is 11.9. The fourth-order valence-corrected chi connectivity index (χ4v) is 3.59. The number of benzene rings is 1. The van der Waals surface area contributed by atoms with Crippen LogP contribution in [0.1, 0.15) is 52.0 Å². The number of amides is 1. The lowest BCUT2D eigenvalue weighted by Gasteiger charge is -2.37. The second kappa shape index (κ2) is 7.77. The lowest BCUT2D eigenvalue weighted by molar-refractivity contribution is 0.0491. The molecule has 134 valence electrons. The number of nitrogens with zero attached hydrogens (tertiary/aromatic N) is 1. The van der Waals surface area contributed by atoms with Crippen LogP contribution in [0.3, 0.4) is 0 Å². The molecule has 1 aliphatic carbocycles. The molecule has 0 unspecified atom stereocenters. The Bertz CT molecular complexity index is 575. The van der Waals surface area contributed by atoms with E-state index in [-0.39, 0.29) is 12.1 Å². The van der Waals surface area contributed by atoms with Gasteiger partial charge in [0.25, 0.3) is 0 Å². The van der Waals surface area contributed by atoms with E-state index in [0.717, 1.165) is 30.2 Å². The van der Waals surface area contributed by atoms with Gasteiger partial charge in [-0.2, -0.15) is 0 Å². The maximum Gasteiger partial charge on any atom is 0.407 e. The number of hydrogen-bond donors (Lipinski definition) is 1. The van der Waals surface area contributed by atoms with Crippen LogP contribution in [0.25, 0.3) is 0 Å². The van der Waals surface area contributed by atoms with Crippen LogP contribution < -0.4 is 10.2 Å². The van der Waals surface area contributed by atoms with Gasteiger partial charge in [0.1, 0.15) is 5.60 Å². The van der Waals surface area contributed by atoms with Crippen molar-refractivity contribution in [3.05, 3.63) is 28.2 Å². The van der Waals surface area contributed by atoms with E-state index in [9.17, 15) is 4.79 Å². The SMILES string of the molecule is Cc1ccc(Br)cc1N(C)C1CCC(NC(=O)OC(C)(C)C)CC1. The van der Waals surface area contributed by atoms with Crippen molar-refractivity contribution < 1.29 is 9.53 Å². The minimum absolute atomic E-state index is 0.216. The van der Waals surface area contributed by atoms with Gasteiger partial charge in [-0.1, -0.05) is 22.0 Å². The molecule has 1 aromatic rings. The second-order valence-electron chi connectivity index (χ2n) is 7.69. The summed E-state index contributed by atoms with van der Waals surface area (Å²) in [7, 11) is 2.17. The third-order valence-electron chi connectivity index (χ3n) is 4.52. The van der Waals surface area contributed by atoms with Crippen molar-refractivity contribution in [3.8, 4) is 0 Å². The summed E-state index contributed by atoms with van der Waals surface area (Å²) in [6, 6.07) is 7.13. The summed E-state index contributed by atoms with van der Waals surface area (Å²) in [5, 5.41) is 3.01. The fraction of sp³-hybridized carbons (Fsp3) is 0.632. The van der Waals surface area contributed by atoms with Gasteiger partial charge in [0, 0.05) is 29.3 Å². The quantitative estimate of drug-likeness (QED) is 0.778. The van der Waals surface area contributed by atoms with Gasteiger partial charge >= 0.3 is 6.09 Å². The van der Waals surface area contributed by atoms with Gasteiger partial charge in [-0.05, 0) is 71.1 Å². The Hall–Kier alpha value is -1.23. The molecule has 1 amide bonds. The maximum atomic E-state index is 11.9. The van der Waals surface area contributed by atoms with Gasteiger partial charge in [0.05, 0.1) is 0 Å². The van der Waals surface area contributed by atoms with Crippen molar-refractivity contribution in [2.45, 2.75) is 71.1 Å². The lowest BCUT2D eigenvalue weighted by Crippen LogP contribution is -2.44. The molecule has 0 bridgehead atoms. The summed E-state index contributed by atoms with van der Waals surface area (Å²) in [6.45, 7) is 7.81. The average molecular weight is 397 g/mol. The van der Waals surface area contributed by atoms with Gasteiger partial charge in [-0.15, -0.1) is 0 Å². The highest BCUT2D eigenvalue weighted by molar-refractivity contribution is 9.10.